The molecule has 1 heterocycles. The molecule has 0 radical (unpaired) electrons. The molecule has 0 aliphatic carbocycles. The summed E-state index contributed by atoms with van der Waals surface area (Å²) in [4.78, 5) is 15.5. The van der Waals surface area contributed by atoms with Gasteiger partial charge in [0.25, 0.3) is 0 Å². The predicted octanol–water partition coefficient (Wildman–Crippen LogP) is 5.03. The van der Waals surface area contributed by atoms with E-state index in [1.807, 2.05) is 0 Å². The number of carbonyl (C=O) groups excluding carboxylic acids is 1. The molecule has 0 spiro atoms. The second kappa shape index (κ2) is 8.02. The third-order valence-corrected chi connectivity index (χ3v) is 3.18. The van der Waals surface area contributed by atoms with Crippen LogP contribution in [0.2, 0.25) is 0 Å². The van der Waals surface area contributed by atoms with E-state index in [2.05, 4.69) is 11.9 Å². The van der Waals surface area contributed by atoms with Gasteiger partial charge in [0.05, 0.1) is 5.56 Å². The smallest absolute Gasteiger partial charge is 0.294 e. The minimum absolute atomic E-state index is 0.154. The number of halogens is 3. The normalized spacial score (nSPS) is 11.6. The monoisotopic (exact) mass is 287 g/mol. The fourth-order valence-electron chi connectivity index (χ4n) is 2.06. The molecule has 112 valence electrons. The number of hydrogen-bond acceptors (Lipinski definition) is 2. The summed E-state index contributed by atoms with van der Waals surface area (Å²) in [6, 6.07) is 0.856. The van der Waals surface area contributed by atoms with E-state index in [0.717, 1.165) is 50.6 Å². The summed E-state index contributed by atoms with van der Waals surface area (Å²) in [6.45, 7) is 2.12. The van der Waals surface area contributed by atoms with Crippen molar-refractivity contribution in [3.05, 3.63) is 29.6 Å². The Morgan fingerprint density at radius 2 is 1.80 bits per heavy atom. The fourth-order valence-corrected chi connectivity index (χ4v) is 2.06. The second-order valence-electron chi connectivity index (χ2n) is 4.86. The molecule has 1 rings (SSSR count). The Bertz CT molecular complexity index is 429. The number of Topliss-reactive ketones (excluding diaryl/α,β-unsaturated/α-hetero) is 1. The summed E-state index contributed by atoms with van der Waals surface area (Å²) in [5, 5.41) is 0. The van der Waals surface area contributed by atoms with Gasteiger partial charge in [0.2, 0.25) is 0 Å². The molecule has 20 heavy (non-hydrogen) atoms. The van der Waals surface area contributed by atoms with E-state index < -0.39 is 17.5 Å². The van der Waals surface area contributed by atoms with Gasteiger partial charge >= 0.3 is 6.18 Å². The summed E-state index contributed by atoms with van der Waals surface area (Å²) in [5.41, 5.74) is -1.20. The highest BCUT2D eigenvalue weighted by molar-refractivity contribution is 5.97. The molecular weight excluding hydrogens is 267 g/mol. The minimum atomic E-state index is -4.50. The molecule has 0 saturated carbocycles. The molecule has 0 atom stereocenters. The molecule has 0 unspecified atom stereocenters. The van der Waals surface area contributed by atoms with E-state index in [9.17, 15) is 18.0 Å². The van der Waals surface area contributed by atoms with Gasteiger partial charge in [-0.25, -0.2) is 0 Å². The highest BCUT2D eigenvalue weighted by Crippen LogP contribution is 2.32. The maximum Gasteiger partial charge on any atom is 0.417 e. The third-order valence-electron chi connectivity index (χ3n) is 3.18. The van der Waals surface area contributed by atoms with Gasteiger partial charge in [0.15, 0.2) is 5.78 Å². The number of aromatic nitrogens is 1. The summed E-state index contributed by atoms with van der Waals surface area (Å²) < 4.78 is 38.3. The number of unbranched alkanes of at least 4 members (excludes halogenated alkanes) is 5. The first-order chi connectivity index (χ1) is 9.46. The Morgan fingerprint density at radius 1 is 1.15 bits per heavy atom. The SMILES string of the molecule is CCCCCCCCC(=O)c1cnccc1C(F)(F)F. The van der Waals surface area contributed by atoms with Crippen molar-refractivity contribution in [2.24, 2.45) is 0 Å². The second-order valence-corrected chi connectivity index (χ2v) is 4.86. The Hall–Kier alpha value is -1.39. The number of alkyl halides is 3. The molecule has 0 N–H and O–H groups in total. The van der Waals surface area contributed by atoms with E-state index in [0.29, 0.717) is 6.42 Å². The average Bonchev–Trinajstić information content (AvgIpc) is 2.41. The van der Waals surface area contributed by atoms with Crippen LogP contribution in [0.5, 0.6) is 0 Å². The zero-order chi connectivity index (χ0) is 15.0. The number of nitrogens with zero attached hydrogens (tertiary/aromatic N) is 1. The zero-order valence-electron chi connectivity index (χ0n) is 11.7. The molecule has 0 aliphatic heterocycles. The van der Waals surface area contributed by atoms with Crippen molar-refractivity contribution in [2.45, 2.75) is 58.0 Å². The molecule has 5 heteroatoms. The van der Waals surface area contributed by atoms with Crippen LogP contribution in [0, 0.1) is 0 Å². The molecular formula is C15H20F3NO. The highest BCUT2D eigenvalue weighted by atomic mass is 19.4. The van der Waals surface area contributed by atoms with Crippen molar-refractivity contribution in [1.29, 1.82) is 0 Å². The Labute approximate surface area is 117 Å². The van der Waals surface area contributed by atoms with E-state index in [1.165, 1.54) is 0 Å². The topological polar surface area (TPSA) is 30.0 Å². The molecule has 0 fully saturated rings. The van der Waals surface area contributed by atoms with Crippen molar-refractivity contribution in [1.82, 2.24) is 4.98 Å². The fraction of sp³-hybridized carbons (Fsp3) is 0.600. The van der Waals surface area contributed by atoms with Gasteiger partial charge < -0.3 is 0 Å². The van der Waals surface area contributed by atoms with E-state index in [4.69, 9.17) is 0 Å². The number of rotatable bonds is 8. The standard InChI is InChI=1S/C15H20F3NO/c1-2-3-4-5-6-7-8-14(20)12-11-19-10-9-13(12)15(16,17)18/h9-11H,2-8H2,1H3. The predicted molar refractivity (Wildman–Crippen MR) is 71.6 cm³/mol. The van der Waals surface area contributed by atoms with Crippen molar-refractivity contribution in [3.8, 4) is 0 Å². The van der Waals surface area contributed by atoms with E-state index >= 15 is 0 Å². The van der Waals surface area contributed by atoms with Gasteiger partial charge in [-0.2, -0.15) is 13.2 Å². The van der Waals surface area contributed by atoms with Crippen molar-refractivity contribution < 1.29 is 18.0 Å². The van der Waals surface area contributed by atoms with Gasteiger partial charge in [0.1, 0.15) is 0 Å². The molecule has 0 saturated heterocycles. The van der Waals surface area contributed by atoms with Crippen molar-refractivity contribution >= 4 is 5.78 Å². The maximum absolute atomic E-state index is 12.8. The zero-order valence-corrected chi connectivity index (χ0v) is 11.7. The largest absolute Gasteiger partial charge is 0.417 e. The molecule has 0 aliphatic rings. The van der Waals surface area contributed by atoms with E-state index in [-0.39, 0.29) is 12.0 Å². The van der Waals surface area contributed by atoms with Crippen molar-refractivity contribution in [3.63, 3.8) is 0 Å². The molecule has 1 aromatic heterocycles. The Kier molecular flexibility index (Phi) is 6.68. The van der Waals surface area contributed by atoms with Crippen LogP contribution >= 0.6 is 0 Å². The van der Waals surface area contributed by atoms with Crippen LogP contribution in [0.1, 0.15) is 67.8 Å². The van der Waals surface area contributed by atoms with Crippen LogP contribution < -0.4 is 0 Å². The molecule has 0 amide bonds. The number of pyridine rings is 1. The van der Waals surface area contributed by atoms with Gasteiger partial charge in [-0.15, -0.1) is 0 Å². The highest BCUT2D eigenvalue weighted by Gasteiger charge is 2.34. The summed E-state index contributed by atoms with van der Waals surface area (Å²) in [6.07, 6.45) is 3.69. The quantitative estimate of drug-likeness (QED) is 0.495. The van der Waals surface area contributed by atoms with Crippen LogP contribution in [0.4, 0.5) is 13.2 Å². The number of ketones is 1. The van der Waals surface area contributed by atoms with Crippen molar-refractivity contribution in [2.75, 3.05) is 0 Å². The first kappa shape index (κ1) is 16.7. The summed E-state index contributed by atoms with van der Waals surface area (Å²) in [7, 11) is 0. The van der Waals surface area contributed by atoms with E-state index in [1.54, 1.807) is 0 Å². The van der Waals surface area contributed by atoms with Crippen LogP contribution in [0.25, 0.3) is 0 Å². The molecule has 0 aromatic carbocycles. The summed E-state index contributed by atoms with van der Waals surface area (Å²) in [5.74, 6) is -0.471. The molecule has 2 nitrogen and oxygen atoms in total. The Balaban J connectivity index is 2.52. The Morgan fingerprint density at radius 3 is 2.45 bits per heavy atom. The van der Waals surface area contributed by atoms with Crippen LogP contribution in [0.15, 0.2) is 18.5 Å². The van der Waals surface area contributed by atoms with Gasteiger partial charge in [0, 0.05) is 24.4 Å². The number of hydrogen-bond donors (Lipinski definition) is 0. The molecule has 1 aromatic rings. The minimum Gasteiger partial charge on any atom is -0.294 e. The molecule has 0 bridgehead atoms. The average molecular weight is 287 g/mol. The van der Waals surface area contributed by atoms with Crippen LogP contribution in [-0.2, 0) is 6.18 Å². The van der Waals surface area contributed by atoms with Gasteiger partial charge in [-0.05, 0) is 12.5 Å². The number of carbonyl (C=O) groups is 1. The lowest BCUT2D eigenvalue weighted by molar-refractivity contribution is -0.138. The van der Waals surface area contributed by atoms with Gasteiger partial charge in [-0.1, -0.05) is 39.0 Å². The van der Waals surface area contributed by atoms with Crippen LogP contribution in [0.3, 0.4) is 0 Å². The van der Waals surface area contributed by atoms with Gasteiger partial charge in [-0.3, -0.25) is 9.78 Å². The summed E-state index contributed by atoms with van der Waals surface area (Å²) >= 11 is 0. The first-order valence-electron chi connectivity index (χ1n) is 7.01. The lowest BCUT2D eigenvalue weighted by atomic mass is 10.0. The van der Waals surface area contributed by atoms with Crippen LogP contribution in [-0.4, -0.2) is 10.8 Å². The lowest BCUT2D eigenvalue weighted by Gasteiger charge is -2.11. The lowest BCUT2D eigenvalue weighted by Crippen LogP contribution is -2.13. The first-order valence-corrected chi connectivity index (χ1v) is 7.01. The maximum atomic E-state index is 12.8. The third kappa shape index (κ3) is 5.31.